The summed E-state index contributed by atoms with van der Waals surface area (Å²) in [7, 11) is 1.43. The van der Waals surface area contributed by atoms with Crippen LogP contribution in [0.5, 0.6) is 0 Å². The molecule has 17 heavy (non-hydrogen) atoms. The molecule has 0 radical (unpaired) electrons. The first-order valence-corrected chi connectivity index (χ1v) is 5.25. The summed E-state index contributed by atoms with van der Waals surface area (Å²) in [5, 5.41) is 21.7. The van der Waals surface area contributed by atoms with Crippen LogP contribution >= 0.6 is 0 Å². The van der Waals surface area contributed by atoms with Gasteiger partial charge in [-0.05, 0) is 6.92 Å². The van der Waals surface area contributed by atoms with Crippen LogP contribution in [0, 0.1) is 0 Å². The van der Waals surface area contributed by atoms with Gasteiger partial charge in [0.2, 0.25) is 5.91 Å². The zero-order valence-electron chi connectivity index (χ0n) is 9.71. The van der Waals surface area contributed by atoms with Gasteiger partial charge in [0.25, 0.3) is 0 Å². The van der Waals surface area contributed by atoms with E-state index in [0.29, 0.717) is 0 Å². The van der Waals surface area contributed by atoms with Crippen molar-refractivity contribution >= 4 is 5.91 Å². The highest BCUT2D eigenvalue weighted by atomic mass is 16.6. The maximum atomic E-state index is 11.0. The zero-order valence-corrected chi connectivity index (χ0v) is 9.71. The van der Waals surface area contributed by atoms with Crippen LogP contribution in [0.3, 0.4) is 0 Å². The van der Waals surface area contributed by atoms with Crippen LogP contribution in [0.15, 0.2) is 0 Å². The molecule has 1 amide bonds. The second-order valence-corrected chi connectivity index (χ2v) is 3.98. The lowest BCUT2D eigenvalue weighted by molar-refractivity contribution is -0.199. The number of hydrogen-bond acceptors (Lipinski definition) is 5. The SMILES string of the molecule is C.CO[C@@H]1C(CO)O[C@@H](C)C(NC(C)=O)[C@H]1O. The average Bonchev–Trinajstić information content (AvgIpc) is 2.23. The molecule has 3 N–H and O–H groups in total. The highest BCUT2D eigenvalue weighted by Gasteiger charge is 2.43. The van der Waals surface area contributed by atoms with Crippen molar-refractivity contribution in [3.63, 3.8) is 0 Å². The van der Waals surface area contributed by atoms with Gasteiger partial charge in [0.05, 0.1) is 18.8 Å². The summed E-state index contributed by atoms with van der Waals surface area (Å²) in [4.78, 5) is 11.0. The largest absolute Gasteiger partial charge is 0.394 e. The fraction of sp³-hybridized carbons (Fsp3) is 0.909. The molecule has 1 fully saturated rings. The van der Waals surface area contributed by atoms with Crippen LogP contribution in [0.1, 0.15) is 21.3 Å². The van der Waals surface area contributed by atoms with Crippen LogP contribution in [-0.2, 0) is 14.3 Å². The molecule has 0 bridgehead atoms. The summed E-state index contributed by atoms with van der Waals surface area (Å²) < 4.78 is 10.6. The molecule has 0 aromatic heterocycles. The van der Waals surface area contributed by atoms with Gasteiger partial charge in [-0.1, -0.05) is 7.43 Å². The topological polar surface area (TPSA) is 88.0 Å². The summed E-state index contributed by atoms with van der Waals surface area (Å²) in [5.41, 5.74) is 0. The number of methoxy groups -OCH3 is 1. The molecule has 102 valence electrons. The third kappa shape index (κ3) is 3.64. The van der Waals surface area contributed by atoms with Crippen molar-refractivity contribution in [1.82, 2.24) is 5.32 Å². The Morgan fingerprint density at radius 3 is 2.53 bits per heavy atom. The second kappa shape index (κ2) is 6.90. The number of ether oxygens (including phenoxy) is 2. The first-order valence-electron chi connectivity index (χ1n) is 5.25. The first-order chi connectivity index (χ1) is 7.51. The van der Waals surface area contributed by atoms with Crippen molar-refractivity contribution < 1.29 is 24.5 Å². The van der Waals surface area contributed by atoms with Crippen LogP contribution < -0.4 is 5.32 Å². The number of hydrogen-bond donors (Lipinski definition) is 3. The Balaban J connectivity index is 0.00000256. The predicted octanol–water partition coefficient (Wildman–Crippen LogP) is -0.717. The summed E-state index contributed by atoms with van der Waals surface area (Å²) in [5.74, 6) is -0.239. The van der Waals surface area contributed by atoms with Crippen molar-refractivity contribution in [2.75, 3.05) is 13.7 Å². The molecule has 2 unspecified atom stereocenters. The van der Waals surface area contributed by atoms with Crippen LogP contribution in [0.25, 0.3) is 0 Å². The summed E-state index contributed by atoms with van der Waals surface area (Å²) in [6.07, 6.45) is -2.48. The van der Waals surface area contributed by atoms with Crippen LogP contribution in [0.2, 0.25) is 0 Å². The van der Waals surface area contributed by atoms with E-state index in [0.717, 1.165) is 0 Å². The van der Waals surface area contributed by atoms with E-state index in [1.54, 1.807) is 6.92 Å². The Hall–Kier alpha value is -0.690. The van der Waals surface area contributed by atoms with Gasteiger partial charge in [-0.15, -0.1) is 0 Å². The minimum atomic E-state index is -0.894. The van der Waals surface area contributed by atoms with Crippen molar-refractivity contribution in [2.45, 2.75) is 51.7 Å². The maximum absolute atomic E-state index is 11.0. The Morgan fingerprint density at radius 1 is 1.53 bits per heavy atom. The van der Waals surface area contributed by atoms with Gasteiger partial charge < -0.3 is 25.0 Å². The third-order valence-electron chi connectivity index (χ3n) is 2.79. The molecule has 5 atom stereocenters. The highest BCUT2D eigenvalue weighted by Crippen LogP contribution is 2.22. The number of carbonyl (C=O) groups is 1. The van der Waals surface area contributed by atoms with E-state index in [4.69, 9.17) is 14.6 Å². The number of carbonyl (C=O) groups excluding carboxylic acids is 1. The number of aliphatic hydroxyl groups is 2. The predicted molar refractivity (Wildman–Crippen MR) is 62.6 cm³/mol. The number of aliphatic hydroxyl groups excluding tert-OH is 2. The smallest absolute Gasteiger partial charge is 0.217 e. The van der Waals surface area contributed by atoms with Gasteiger partial charge in [-0.2, -0.15) is 0 Å². The van der Waals surface area contributed by atoms with Crippen molar-refractivity contribution in [2.24, 2.45) is 0 Å². The highest BCUT2D eigenvalue weighted by molar-refractivity contribution is 5.73. The molecular weight excluding hydrogens is 226 g/mol. The molecule has 0 spiro atoms. The molecule has 1 rings (SSSR count). The Bertz CT molecular complexity index is 248. The fourth-order valence-electron chi connectivity index (χ4n) is 2.02. The molecule has 6 heteroatoms. The van der Waals surface area contributed by atoms with Crippen molar-refractivity contribution in [3.05, 3.63) is 0 Å². The van der Waals surface area contributed by atoms with Gasteiger partial charge in [-0.3, -0.25) is 4.79 Å². The molecule has 1 aliphatic rings. The Kier molecular flexibility index (Phi) is 6.62. The Morgan fingerprint density at radius 2 is 2.12 bits per heavy atom. The number of nitrogens with one attached hydrogen (secondary N) is 1. The van der Waals surface area contributed by atoms with Crippen molar-refractivity contribution in [3.8, 4) is 0 Å². The van der Waals surface area contributed by atoms with Crippen LogP contribution in [0.4, 0.5) is 0 Å². The van der Waals surface area contributed by atoms with Crippen molar-refractivity contribution in [1.29, 1.82) is 0 Å². The van der Waals surface area contributed by atoms with E-state index in [1.807, 2.05) is 0 Å². The zero-order chi connectivity index (χ0) is 12.3. The maximum Gasteiger partial charge on any atom is 0.217 e. The molecule has 0 aliphatic carbocycles. The van der Waals surface area contributed by atoms with Crippen LogP contribution in [-0.4, -0.2) is 60.3 Å². The minimum absolute atomic E-state index is 0. The normalized spacial score (nSPS) is 37.1. The van der Waals surface area contributed by atoms with Gasteiger partial charge >= 0.3 is 0 Å². The monoisotopic (exact) mass is 249 g/mol. The third-order valence-corrected chi connectivity index (χ3v) is 2.79. The molecule has 0 aromatic rings. The molecule has 0 aromatic carbocycles. The van der Waals surface area contributed by atoms with Gasteiger partial charge in [0.15, 0.2) is 0 Å². The second-order valence-electron chi connectivity index (χ2n) is 3.98. The molecular formula is C11H23NO5. The molecule has 1 saturated heterocycles. The number of amides is 1. The van der Waals surface area contributed by atoms with Gasteiger partial charge in [0.1, 0.15) is 18.3 Å². The molecule has 1 heterocycles. The molecule has 1 aliphatic heterocycles. The lowest BCUT2D eigenvalue weighted by Gasteiger charge is -2.42. The minimum Gasteiger partial charge on any atom is -0.394 e. The number of rotatable bonds is 3. The first kappa shape index (κ1) is 16.3. The quantitative estimate of drug-likeness (QED) is 0.614. The van der Waals surface area contributed by atoms with E-state index >= 15 is 0 Å². The summed E-state index contributed by atoms with van der Waals surface area (Å²) in [6, 6.07) is -0.523. The lowest BCUT2D eigenvalue weighted by atomic mass is 9.93. The summed E-state index contributed by atoms with van der Waals surface area (Å²) >= 11 is 0. The Labute approximate surface area is 102 Å². The van der Waals surface area contributed by atoms with Gasteiger partial charge in [-0.25, -0.2) is 0 Å². The van der Waals surface area contributed by atoms with E-state index in [2.05, 4.69) is 5.32 Å². The van der Waals surface area contributed by atoms with Gasteiger partial charge in [0, 0.05) is 14.0 Å². The van der Waals surface area contributed by atoms with E-state index < -0.39 is 24.4 Å². The molecule has 6 nitrogen and oxygen atoms in total. The van der Waals surface area contributed by atoms with E-state index in [-0.39, 0.29) is 26.0 Å². The molecule has 0 saturated carbocycles. The van der Waals surface area contributed by atoms with E-state index in [9.17, 15) is 9.90 Å². The average molecular weight is 249 g/mol. The fourth-order valence-corrected chi connectivity index (χ4v) is 2.02. The van der Waals surface area contributed by atoms with E-state index in [1.165, 1.54) is 14.0 Å². The standard InChI is InChI=1S/C10H19NO5.CH4/c1-5-8(11-6(2)13)9(14)10(15-3)7(4-12)16-5;/h5,7-10,12,14H,4H2,1-3H3,(H,11,13);1H4/t5-,7?,8?,9+,10+;/m0./s1. The lowest BCUT2D eigenvalue weighted by Crippen LogP contribution is -2.63. The summed E-state index contributed by atoms with van der Waals surface area (Å²) in [6.45, 7) is 2.88.